The number of azo groups is 1. The summed E-state index contributed by atoms with van der Waals surface area (Å²) in [6.45, 7) is 0. The van der Waals surface area contributed by atoms with Crippen LogP contribution in [0.2, 0.25) is 0 Å². The van der Waals surface area contributed by atoms with Crippen molar-refractivity contribution >= 4 is 11.4 Å². The molecule has 0 heterocycles. The monoisotopic (exact) mass is 214 g/mol. The van der Waals surface area contributed by atoms with Gasteiger partial charge in [-0.3, -0.25) is 0 Å². The Morgan fingerprint density at radius 1 is 0.750 bits per heavy atom. The van der Waals surface area contributed by atoms with Crippen molar-refractivity contribution in [3.8, 4) is 11.5 Å². The zero-order valence-electron chi connectivity index (χ0n) is 8.41. The van der Waals surface area contributed by atoms with Crippen LogP contribution in [0.15, 0.2) is 58.8 Å². The van der Waals surface area contributed by atoms with Crippen LogP contribution >= 0.6 is 0 Å². The first-order valence-electron chi connectivity index (χ1n) is 4.74. The zero-order valence-corrected chi connectivity index (χ0v) is 8.41. The average molecular weight is 214 g/mol. The minimum absolute atomic E-state index is 0.0880. The van der Waals surface area contributed by atoms with E-state index in [1.807, 2.05) is 0 Å². The number of aromatic hydroxyl groups is 2. The fraction of sp³-hybridized carbons (Fsp3) is 0. The molecule has 0 aliphatic rings. The van der Waals surface area contributed by atoms with Gasteiger partial charge >= 0.3 is 0 Å². The van der Waals surface area contributed by atoms with E-state index >= 15 is 0 Å². The van der Waals surface area contributed by atoms with Crippen LogP contribution in [0.4, 0.5) is 11.4 Å². The van der Waals surface area contributed by atoms with Gasteiger partial charge in [-0.2, -0.15) is 5.11 Å². The van der Waals surface area contributed by atoms with Gasteiger partial charge in [0.25, 0.3) is 0 Å². The summed E-state index contributed by atoms with van der Waals surface area (Å²) in [5.41, 5.74) is 1.02. The summed E-state index contributed by atoms with van der Waals surface area (Å²) in [7, 11) is 0. The van der Waals surface area contributed by atoms with Crippen molar-refractivity contribution in [1.29, 1.82) is 0 Å². The molecule has 16 heavy (non-hydrogen) atoms. The molecule has 4 nitrogen and oxygen atoms in total. The van der Waals surface area contributed by atoms with Gasteiger partial charge in [0, 0.05) is 0 Å². The van der Waals surface area contributed by atoms with Crippen LogP contribution in [0.3, 0.4) is 0 Å². The van der Waals surface area contributed by atoms with Gasteiger partial charge in [0.05, 0.1) is 5.69 Å². The highest BCUT2D eigenvalue weighted by molar-refractivity contribution is 5.50. The van der Waals surface area contributed by atoms with Gasteiger partial charge in [0.1, 0.15) is 17.2 Å². The van der Waals surface area contributed by atoms with Crippen molar-refractivity contribution in [2.24, 2.45) is 10.2 Å². The highest BCUT2D eigenvalue weighted by Gasteiger charge is 1.96. The highest BCUT2D eigenvalue weighted by atomic mass is 16.3. The smallest absolute Gasteiger partial charge is 0.143 e. The van der Waals surface area contributed by atoms with E-state index in [0.29, 0.717) is 11.4 Å². The topological polar surface area (TPSA) is 65.2 Å². The molecule has 2 rings (SSSR count). The molecule has 0 fully saturated rings. The van der Waals surface area contributed by atoms with Crippen molar-refractivity contribution in [3.05, 3.63) is 48.5 Å². The fourth-order valence-electron chi connectivity index (χ4n) is 1.18. The molecule has 0 saturated carbocycles. The lowest BCUT2D eigenvalue weighted by Crippen LogP contribution is -1.67. The van der Waals surface area contributed by atoms with E-state index in [1.54, 1.807) is 36.4 Å². The summed E-state index contributed by atoms with van der Waals surface area (Å²) in [6, 6.07) is 13.0. The Hall–Kier alpha value is -2.36. The van der Waals surface area contributed by atoms with Gasteiger partial charge in [-0.15, -0.1) is 5.11 Å². The van der Waals surface area contributed by atoms with Gasteiger partial charge in [-0.1, -0.05) is 12.1 Å². The summed E-state index contributed by atoms with van der Waals surface area (Å²) in [6.07, 6.45) is 0. The van der Waals surface area contributed by atoms with Gasteiger partial charge in [-0.05, 0) is 36.4 Å². The molecule has 4 heteroatoms. The highest BCUT2D eigenvalue weighted by Crippen LogP contribution is 2.27. The summed E-state index contributed by atoms with van der Waals surface area (Å²) < 4.78 is 0. The first-order valence-corrected chi connectivity index (χ1v) is 4.74. The van der Waals surface area contributed by atoms with Crippen LogP contribution in [-0.4, -0.2) is 10.2 Å². The van der Waals surface area contributed by atoms with Crippen molar-refractivity contribution in [2.45, 2.75) is 0 Å². The first kappa shape index (κ1) is 10.2. The third kappa shape index (κ3) is 2.36. The van der Waals surface area contributed by atoms with E-state index in [2.05, 4.69) is 10.2 Å². The molecule has 0 saturated heterocycles. The number of phenols is 2. The van der Waals surface area contributed by atoms with Crippen LogP contribution in [-0.2, 0) is 0 Å². The Bertz CT molecular complexity index is 507. The van der Waals surface area contributed by atoms with E-state index in [9.17, 15) is 5.11 Å². The van der Waals surface area contributed by atoms with Crippen LogP contribution in [0.1, 0.15) is 0 Å². The second-order valence-corrected chi connectivity index (χ2v) is 3.21. The quantitative estimate of drug-likeness (QED) is 0.751. The molecule has 2 N–H and O–H groups in total. The van der Waals surface area contributed by atoms with E-state index < -0.39 is 0 Å². The zero-order chi connectivity index (χ0) is 11.4. The number of para-hydroxylation sites is 1. The molecule has 0 atom stereocenters. The molecular weight excluding hydrogens is 204 g/mol. The molecule has 0 aliphatic heterocycles. The lowest BCUT2D eigenvalue weighted by molar-refractivity contribution is 0.475. The van der Waals surface area contributed by atoms with Crippen molar-refractivity contribution in [1.82, 2.24) is 0 Å². The van der Waals surface area contributed by atoms with Crippen LogP contribution in [0.5, 0.6) is 11.5 Å². The number of rotatable bonds is 2. The standard InChI is InChI=1S/C12H10N2O2/c15-10-7-5-9(6-8-10)13-14-11-3-1-2-4-12(11)16/h1-8,15-16H/b14-13+. The van der Waals surface area contributed by atoms with Gasteiger partial charge in [0.2, 0.25) is 0 Å². The minimum atomic E-state index is 0.0880. The second-order valence-electron chi connectivity index (χ2n) is 3.21. The van der Waals surface area contributed by atoms with Gasteiger partial charge in [-0.25, -0.2) is 0 Å². The number of phenolic OH excluding ortho intramolecular Hbond substituents is 2. The molecule has 0 amide bonds. The van der Waals surface area contributed by atoms with Crippen molar-refractivity contribution < 1.29 is 10.2 Å². The van der Waals surface area contributed by atoms with Crippen molar-refractivity contribution in [2.75, 3.05) is 0 Å². The van der Waals surface area contributed by atoms with E-state index in [-0.39, 0.29) is 11.5 Å². The molecule has 80 valence electrons. The number of nitrogens with zero attached hydrogens (tertiary/aromatic N) is 2. The number of benzene rings is 2. The number of hydrogen-bond donors (Lipinski definition) is 2. The van der Waals surface area contributed by atoms with Crippen molar-refractivity contribution in [3.63, 3.8) is 0 Å². The molecule has 0 bridgehead atoms. The predicted molar refractivity (Wildman–Crippen MR) is 60.4 cm³/mol. The number of hydrogen-bond acceptors (Lipinski definition) is 4. The Labute approximate surface area is 92.5 Å². The van der Waals surface area contributed by atoms with E-state index in [1.165, 1.54) is 12.1 Å². The first-order chi connectivity index (χ1) is 7.75. The summed E-state index contributed by atoms with van der Waals surface area (Å²) in [5.74, 6) is 0.270. The predicted octanol–water partition coefficient (Wildman–Crippen LogP) is 3.51. The van der Waals surface area contributed by atoms with Gasteiger partial charge in [0.15, 0.2) is 0 Å². The normalized spacial score (nSPS) is 10.8. The van der Waals surface area contributed by atoms with Gasteiger partial charge < -0.3 is 10.2 Å². The molecule has 0 aliphatic carbocycles. The maximum atomic E-state index is 9.44. The maximum absolute atomic E-state index is 9.44. The van der Waals surface area contributed by atoms with E-state index in [0.717, 1.165) is 0 Å². The lowest BCUT2D eigenvalue weighted by Gasteiger charge is -1.96. The molecular formula is C12H10N2O2. The molecule has 0 aromatic heterocycles. The second kappa shape index (κ2) is 4.44. The summed E-state index contributed by atoms with van der Waals surface area (Å²) in [4.78, 5) is 0. The van der Waals surface area contributed by atoms with Crippen LogP contribution < -0.4 is 0 Å². The van der Waals surface area contributed by atoms with Crippen LogP contribution in [0, 0.1) is 0 Å². The SMILES string of the molecule is Oc1ccc(/N=N/c2ccccc2O)cc1. The van der Waals surface area contributed by atoms with E-state index in [4.69, 9.17) is 5.11 Å². The summed E-state index contributed by atoms with van der Waals surface area (Å²) >= 11 is 0. The van der Waals surface area contributed by atoms with Crippen LogP contribution in [0.25, 0.3) is 0 Å². The molecule has 2 aromatic rings. The largest absolute Gasteiger partial charge is 0.508 e. The Morgan fingerprint density at radius 3 is 2.12 bits per heavy atom. The Kier molecular flexibility index (Phi) is 2.82. The average Bonchev–Trinajstić information content (AvgIpc) is 2.30. The molecule has 0 radical (unpaired) electrons. The third-order valence-corrected chi connectivity index (χ3v) is 2.00. The molecule has 2 aromatic carbocycles. The lowest BCUT2D eigenvalue weighted by atomic mass is 10.3. The third-order valence-electron chi connectivity index (χ3n) is 2.00. The summed E-state index contributed by atoms with van der Waals surface area (Å²) in [5, 5.41) is 26.3. The molecule has 0 spiro atoms. The maximum Gasteiger partial charge on any atom is 0.143 e. The molecule has 0 unspecified atom stereocenters. The minimum Gasteiger partial charge on any atom is -0.508 e. The fourth-order valence-corrected chi connectivity index (χ4v) is 1.18. The Morgan fingerprint density at radius 2 is 1.44 bits per heavy atom. The Balaban J connectivity index is 2.21.